The third kappa shape index (κ3) is 7.05. The van der Waals surface area contributed by atoms with E-state index >= 15 is 0 Å². The number of sulfonamides is 1. The van der Waals surface area contributed by atoms with E-state index in [0.29, 0.717) is 23.0 Å². The summed E-state index contributed by atoms with van der Waals surface area (Å²) in [4.78, 5) is 20.7. The number of aryl methyl sites for hydroxylation is 1. The first-order valence-electron chi connectivity index (χ1n) is 10.1. The highest BCUT2D eigenvalue weighted by Crippen LogP contribution is 2.37. The fourth-order valence-electron chi connectivity index (χ4n) is 3.32. The molecule has 0 atom stereocenters. The number of carbonyl (C=O) groups is 2. The van der Waals surface area contributed by atoms with Crippen molar-refractivity contribution in [1.29, 1.82) is 0 Å². The minimum Gasteiger partial charge on any atom is -0.535 e. The number of alkyl halides is 3. The first-order chi connectivity index (χ1) is 16.7. The number of rotatable bonds is 5. The Bertz CT molecular complexity index is 1270. The molecule has 17 heteroatoms. The molecule has 2 aromatic rings. The summed E-state index contributed by atoms with van der Waals surface area (Å²) < 4.78 is 69.6. The molecule has 12 nitrogen and oxygen atoms in total. The Hall–Kier alpha value is -3.57. The van der Waals surface area contributed by atoms with Gasteiger partial charge in [-0.1, -0.05) is 20.9 Å². The maximum atomic E-state index is 12.6. The summed E-state index contributed by atoms with van der Waals surface area (Å²) in [7, 11) is -5.00. The molecular formula is C21H27BF3N2O10S+. The van der Waals surface area contributed by atoms with E-state index in [2.05, 4.69) is 0 Å². The SMILES string of the molecule is C.C.O=C(O)C(F)(F)F.O=C(O)c1c(OC2CN(S(=O)(=O)c3cccc[n+]3O)C2)ccc2c1OB(O)CC2. The first-order valence-corrected chi connectivity index (χ1v) is 11.6. The molecule has 1 aromatic heterocycles. The average molecular weight is 567 g/mol. The molecule has 38 heavy (non-hydrogen) atoms. The molecule has 0 bridgehead atoms. The molecule has 4 rings (SSSR count). The lowest BCUT2D eigenvalue weighted by molar-refractivity contribution is -0.933. The van der Waals surface area contributed by atoms with Crippen molar-refractivity contribution in [2.45, 2.75) is 44.9 Å². The normalized spacial score (nSPS) is 15.2. The number of aromatic nitrogens is 1. The lowest BCUT2D eigenvalue weighted by Crippen LogP contribution is -2.57. The van der Waals surface area contributed by atoms with E-state index < -0.39 is 41.4 Å². The van der Waals surface area contributed by atoms with Crippen LogP contribution in [0.3, 0.4) is 0 Å². The van der Waals surface area contributed by atoms with E-state index in [-0.39, 0.29) is 50.0 Å². The number of aromatic carboxylic acids is 1. The molecule has 2 aliphatic rings. The van der Waals surface area contributed by atoms with Crippen molar-refractivity contribution >= 4 is 29.1 Å². The standard InChI is InChI=1S/C17H17BN2O8S.C2HF3O2.2CH4/c21-17(22)15-13(5-4-11-6-7-18(23)28-16(11)15)27-12-9-19(10-12)29(25,26)14-3-1-2-8-20(14)24;3-2(4,5)1(6)7;;/h1-5,8,12,23H,6-7,9-10H2,(H-,21,22,24);(H,6,7);2*1H4/p+1. The molecule has 0 unspecified atom stereocenters. The number of halogens is 3. The van der Waals surface area contributed by atoms with Gasteiger partial charge in [0.15, 0.2) is 0 Å². The van der Waals surface area contributed by atoms with Crippen molar-refractivity contribution < 1.29 is 65.7 Å². The Balaban J connectivity index is 0.000000712. The second kappa shape index (κ2) is 12.3. The molecule has 1 fully saturated rings. The number of pyridine rings is 1. The summed E-state index contributed by atoms with van der Waals surface area (Å²) in [5.41, 5.74) is 0.466. The molecule has 1 saturated heterocycles. The van der Waals surface area contributed by atoms with Crippen molar-refractivity contribution in [2.24, 2.45) is 0 Å². The number of carboxylic acids is 2. The van der Waals surface area contributed by atoms with Crippen molar-refractivity contribution in [3.63, 3.8) is 0 Å². The third-order valence-electron chi connectivity index (χ3n) is 5.09. The fraction of sp³-hybridized carbons (Fsp3) is 0.381. The van der Waals surface area contributed by atoms with E-state index in [1.165, 1.54) is 30.5 Å². The number of hydrogen-bond donors (Lipinski definition) is 4. The predicted octanol–water partition coefficient (Wildman–Crippen LogP) is 1.68. The topological polar surface area (TPSA) is 175 Å². The molecule has 0 radical (unpaired) electrons. The maximum absolute atomic E-state index is 12.6. The number of nitrogens with zero attached hydrogens (tertiary/aromatic N) is 2. The van der Waals surface area contributed by atoms with E-state index in [4.69, 9.17) is 19.3 Å². The lowest BCUT2D eigenvalue weighted by atomic mass is 9.78. The van der Waals surface area contributed by atoms with E-state index in [0.717, 1.165) is 4.31 Å². The number of aliphatic carboxylic acids is 1. The van der Waals surface area contributed by atoms with Crippen LogP contribution in [0.15, 0.2) is 41.6 Å². The summed E-state index contributed by atoms with van der Waals surface area (Å²) in [6.07, 6.45) is -3.59. The number of fused-ring (bicyclic) bond motifs is 1. The van der Waals surface area contributed by atoms with E-state index in [1.54, 1.807) is 6.07 Å². The van der Waals surface area contributed by atoms with Crippen LogP contribution >= 0.6 is 0 Å². The lowest BCUT2D eigenvalue weighted by Gasteiger charge is -2.37. The van der Waals surface area contributed by atoms with Crippen LogP contribution in [-0.2, 0) is 21.2 Å². The molecule has 4 N–H and O–H groups in total. The summed E-state index contributed by atoms with van der Waals surface area (Å²) >= 11 is 0. The summed E-state index contributed by atoms with van der Waals surface area (Å²) in [6, 6.07) is 7.45. The average Bonchev–Trinajstić information content (AvgIpc) is 2.75. The molecule has 3 heterocycles. The number of benzene rings is 1. The van der Waals surface area contributed by atoms with E-state index in [1.807, 2.05) is 0 Å². The highest BCUT2D eigenvalue weighted by atomic mass is 32.2. The van der Waals surface area contributed by atoms with Crippen LogP contribution in [0.2, 0.25) is 6.32 Å². The van der Waals surface area contributed by atoms with Gasteiger partial charge in [-0.25, -0.2) is 18.0 Å². The van der Waals surface area contributed by atoms with Gasteiger partial charge in [-0.3, -0.25) is 5.21 Å². The number of ether oxygens (including phenoxy) is 1. The van der Waals surface area contributed by atoms with Crippen LogP contribution in [0.1, 0.15) is 30.8 Å². The van der Waals surface area contributed by atoms with Crippen LogP contribution in [0.25, 0.3) is 0 Å². The Morgan fingerprint density at radius 3 is 2.26 bits per heavy atom. The van der Waals surface area contributed by atoms with Gasteiger partial charge in [0.05, 0.1) is 13.1 Å². The van der Waals surface area contributed by atoms with Gasteiger partial charge in [0.25, 0.3) is 0 Å². The number of hydrogen-bond acceptors (Lipinski definition) is 8. The van der Waals surface area contributed by atoms with Gasteiger partial charge < -0.3 is 24.6 Å². The van der Waals surface area contributed by atoms with Gasteiger partial charge in [-0.2, -0.15) is 17.5 Å². The van der Waals surface area contributed by atoms with Gasteiger partial charge >= 0.3 is 40.3 Å². The van der Waals surface area contributed by atoms with Crippen LogP contribution < -0.4 is 14.1 Å². The molecule has 1 aromatic carbocycles. The van der Waals surface area contributed by atoms with Gasteiger partial charge in [0.2, 0.25) is 6.20 Å². The van der Waals surface area contributed by atoms with Crippen molar-refractivity contribution in [3.8, 4) is 11.5 Å². The summed E-state index contributed by atoms with van der Waals surface area (Å²) in [6.45, 7) is -0.00624. The van der Waals surface area contributed by atoms with Crippen LogP contribution in [0.5, 0.6) is 11.5 Å². The molecule has 210 valence electrons. The minimum absolute atomic E-state index is 0. The van der Waals surface area contributed by atoms with Gasteiger partial charge in [-0.15, -0.1) is 0 Å². The Labute approximate surface area is 216 Å². The molecule has 0 spiro atoms. The Morgan fingerprint density at radius 2 is 1.74 bits per heavy atom. The molecule has 0 aliphatic carbocycles. The fourth-order valence-corrected chi connectivity index (χ4v) is 4.86. The quantitative estimate of drug-likeness (QED) is 0.236. The third-order valence-corrected chi connectivity index (χ3v) is 6.92. The Kier molecular flexibility index (Phi) is 10.5. The van der Waals surface area contributed by atoms with Gasteiger partial charge in [0.1, 0.15) is 23.2 Å². The summed E-state index contributed by atoms with van der Waals surface area (Å²) in [5.74, 6) is -3.90. The van der Waals surface area contributed by atoms with Crippen LogP contribution in [0.4, 0.5) is 13.2 Å². The summed E-state index contributed by atoms with van der Waals surface area (Å²) in [5, 5.41) is 35.9. The molecule has 0 amide bonds. The minimum atomic E-state index is -5.08. The van der Waals surface area contributed by atoms with Crippen molar-refractivity contribution in [3.05, 3.63) is 47.7 Å². The monoisotopic (exact) mass is 567 g/mol. The first kappa shape index (κ1) is 32.5. The van der Waals surface area contributed by atoms with E-state index in [9.17, 15) is 41.7 Å². The highest BCUT2D eigenvalue weighted by molar-refractivity contribution is 7.89. The maximum Gasteiger partial charge on any atom is 0.522 e. The number of carboxylic acid groups (broad SMARTS) is 2. The van der Waals surface area contributed by atoms with Gasteiger partial charge in [0, 0.05) is 16.9 Å². The van der Waals surface area contributed by atoms with Crippen molar-refractivity contribution in [1.82, 2.24) is 4.31 Å². The Morgan fingerprint density at radius 1 is 1.13 bits per heavy atom. The molecule has 2 aliphatic heterocycles. The zero-order chi connectivity index (χ0) is 26.8. The molecule has 0 saturated carbocycles. The zero-order valence-electron chi connectivity index (χ0n) is 18.1. The van der Waals surface area contributed by atoms with Gasteiger partial charge in [-0.05, 0) is 30.4 Å². The van der Waals surface area contributed by atoms with Crippen LogP contribution in [0, 0.1) is 0 Å². The highest BCUT2D eigenvalue weighted by Gasteiger charge is 2.43. The van der Waals surface area contributed by atoms with Crippen LogP contribution in [-0.4, -0.2) is 77.6 Å². The molecular weight excluding hydrogens is 540 g/mol. The van der Waals surface area contributed by atoms with Crippen molar-refractivity contribution in [2.75, 3.05) is 13.1 Å². The smallest absolute Gasteiger partial charge is 0.522 e. The largest absolute Gasteiger partial charge is 0.535 e. The predicted molar refractivity (Wildman–Crippen MR) is 125 cm³/mol. The second-order valence-corrected chi connectivity index (χ2v) is 9.48. The zero-order valence-corrected chi connectivity index (χ0v) is 18.9. The second-order valence-electron chi connectivity index (χ2n) is 7.59.